The number of hydroxylamine groups is 2. The van der Waals surface area contributed by atoms with Crippen molar-refractivity contribution in [2.75, 3.05) is 39.8 Å². The molecule has 29 heavy (non-hydrogen) atoms. The summed E-state index contributed by atoms with van der Waals surface area (Å²) in [7, 11) is 1.64. The fraction of sp³-hybridized carbons (Fsp3) is 0.435. The Labute approximate surface area is 172 Å². The van der Waals surface area contributed by atoms with Crippen LogP contribution in [0.25, 0.3) is 0 Å². The second-order valence-electron chi connectivity index (χ2n) is 7.94. The lowest BCUT2D eigenvalue weighted by Gasteiger charge is -2.52. The highest BCUT2D eigenvalue weighted by atomic mass is 16.7. The van der Waals surface area contributed by atoms with Crippen LogP contribution in [0.15, 0.2) is 54.6 Å². The van der Waals surface area contributed by atoms with Gasteiger partial charge in [-0.2, -0.15) is 0 Å². The second kappa shape index (κ2) is 8.95. The van der Waals surface area contributed by atoms with Gasteiger partial charge in [0.15, 0.2) is 0 Å². The molecule has 2 saturated heterocycles. The molecule has 0 atom stereocenters. The van der Waals surface area contributed by atoms with E-state index in [1.54, 1.807) is 19.2 Å². The van der Waals surface area contributed by atoms with Gasteiger partial charge in [0.1, 0.15) is 5.75 Å². The van der Waals surface area contributed by atoms with Crippen LogP contribution >= 0.6 is 0 Å². The average Bonchev–Trinajstić information content (AvgIpc) is 2.77. The predicted octanol–water partition coefficient (Wildman–Crippen LogP) is 2.28. The summed E-state index contributed by atoms with van der Waals surface area (Å²) in [5.41, 5.74) is 2.13. The van der Waals surface area contributed by atoms with Gasteiger partial charge in [-0.25, -0.2) is 0 Å². The first-order valence-electron chi connectivity index (χ1n) is 10.4. The zero-order chi connectivity index (χ0) is 20.1. The van der Waals surface area contributed by atoms with Crippen molar-refractivity contribution in [3.05, 3.63) is 65.7 Å². The molecule has 2 aliphatic heterocycles. The molecule has 4 rings (SSSR count). The Bertz CT molecular complexity index is 803. The summed E-state index contributed by atoms with van der Waals surface area (Å²) in [6, 6.07) is 18.1. The molecule has 2 fully saturated rings. The minimum absolute atomic E-state index is 0.0836. The van der Waals surface area contributed by atoms with Crippen LogP contribution in [-0.2, 0) is 6.54 Å². The second-order valence-corrected chi connectivity index (χ2v) is 7.94. The van der Waals surface area contributed by atoms with E-state index in [1.807, 2.05) is 12.1 Å². The maximum atomic E-state index is 11.7. The number of hydrogen-bond donors (Lipinski definition) is 2. The van der Waals surface area contributed by atoms with Crippen LogP contribution in [0.2, 0.25) is 0 Å². The molecular weight excluding hydrogens is 364 g/mol. The molecule has 0 radical (unpaired) electrons. The van der Waals surface area contributed by atoms with E-state index in [-0.39, 0.29) is 11.4 Å². The van der Waals surface area contributed by atoms with Crippen molar-refractivity contribution in [3.8, 4) is 5.75 Å². The molecule has 0 unspecified atom stereocenters. The zero-order valence-corrected chi connectivity index (χ0v) is 17.1. The Morgan fingerprint density at radius 1 is 1.07 bits per heavy atom. The number of carbonyl (C=O) groups excluding carboxylic acids is 1. The highest BCUT2D eigenvalue weighted by molar-refractivity contribution is 5.94. The quantitative estimate of drug-likeness (QED) is 0.815. The molecular formula is C23H30N4O2. The number of nitrogens with one attached hydrogen (secondary N) is 2. The lowest BCUT2D eigenvalue weighted by molar-refractivity contribution is -0.146. The van der Waals surface area contributed by atoms with Gasteiger partial charge in [0, 0.05) is 37.8 Å². The summed E-state index contributed by atoms with van der Waals surface area (Å²) >= 11 is 0. The van der Waals surface area contributed by atoms with Gasteiger partial charge in [-0.05, 0) is 55.8 Å². The van der Waals surface area contributed by atoms with E-state index in [0.29, 0.717) is 5.56 Å². The first kappa shape index (κ1) is 19.9. The minimum Gasteiger partial charge on any atom is -0.406 e. The number of hydrogen-bond acceptors (Lipinski definition) is 5. The number of benzene rings is 2. The highest BCUT2D eigenvalue weighted by Gasteiger charge is 2.43. The van der Waals surface area contributed by atoms with Crippen molar-refractivity contribution < 1.29 is 9.63 Å². The number of nitrogens with zero attached hydrogens (tertiary/aromatic N) is 2. The van der Waals surface area contributed by atoms with Crippen LogP contribution in [0.1, 0.15) is 28.8 Å². The number of carbonyl (C=O) groups is 1. The van der Waals surface area contributed by atoms with Gasteiger partial charge in [0.05, 0.1) is 6.54 Å². The topological polar surface area (TPSA) is 56.8 Å². The van der Waals surface area contributed by atoms with E-state index >= 15 is 0 Å². The third kappa shape index (κ3) is 4.61. The molecule has 0 saturated carbocycles. The van der Waals surface area contributed by atoms with Crippen LogP contribution in [0.3, 0.4) is 0 Å². The van der Waals surface area contributed by atoms with Crippen molar-refractivity contribution >= 4 is 5.91 Å². The molecule has 1 spiro atoms. The smallest absolute Gasteiger partial charge is 0.251 e. The first-order valence-corrected chi connectivity index (χ1v) is 10.4. The molecule has 2 N–H and O–H groups in total. The highest BCUT2D eigenvalue weighted by Crippen LogP contribution is 2.32. The molecule has 0 aromatic heterocycles. The first-order chi connectivity index (χ1) is 14.2. The van der Waals surface area contributed by atoms with Crippen molar-refractivity contribution in [1.82, 2.24) is 20.6 Å². The Morgan fingerprint density at radius 2 is 1.79 bits per heavy atom. The van der Waals surface area contributed by atoms with Gasteiger partial charge in [-0.15, -0.1) is 5.06 Å². The standard InChI is InChI=1S/C23H30N4O2/c1-24-22(28)20-7-9-21(10-8-20)29-27-16-15-26(17-19-5-3-2-4-6-19)23(18-27)11-13-25-14-12-23/h2-10,25H,11-18H2,1H3,(H,24,28). The molecule has 0 aliphatic carbocycles. The Kier molecular flexibility index (Phi) is 6.13. The zero-order valence-electron chi connectivity index (χ0n) is 17.1. The van der Waals surface area contributed by atoms with E-state index in [9.17, 15) is 4.79 Å². The van der Waals surface area contributed by atoms with Crippen LogP contribution < -0.4 is 15.5 Å². The van der Waals surface area contributed by atoms with Crippen molar-refractivity contribution in [2.24, 2.45) is 0 Å². The maximum absolute atomic E-state index is 11.7. The largest absolute Gasteiger partial charge is 0.406 e. The number of piperidine rings is 1. The van der Waals surface area contributed by atoms with Gasteiger partial charge in [-0.3, -0.25) is 9.69 Å². The third-order valence-corrected chi connectivity index (χ3v) is 6.09. The summed E-state index contributed by atoms with van der Waals surface area (Å²) < 4.78 is 0. The number of piperazine rings is 1. The summed E-state index contributed by atoms with van der Waals surface area (Å²) in [6.45, 7) is 5.79. The van der Waals surface area contributed by atoms with Gasteiger partial charge in [-0.1, -0.05) is 30.3 Å². The Hall–Kier alpha value is -2.41. The summed E-state index contributed by atoms with van der Waals surface area (Å²) in [6.07, 6.45) is 2.24. The van der Waals surface area contributed by atoms with Crippen LogP contribution in [-0.4, -0.2) is 61.2 Å². The average molecular weight is 395 g/mol. The van der Waals surface area contributed by atoms with Crippen molar-refractivity contribution in [3.63, 3.8) is 0 Å². The van der Waals surface area contributed by atoms with Crippen molar-refractivity contribution in [2.45, 2.75) is 24.9 Å². The molecule has 2 aromatic carbocycles. The molecule has 6 heteroatoms. The molecule has 2 aliphatic rings. The lowest BCUT2D eigenvalue weighted by Crippen LogP contribution is -2.65. The van der Waals surface area contributed by atoms with E-state index < -0.39 is 0 Å². The molecule has 0 bridgehead atoms. The molecule has 154 valence electrons. The monoisotopic (exact) mass is 394 g/mol. The third-order valence-electron chi connectivity index (χ3n) is 6.09. The van der Waals surface area contributed by atoms with Gasteiger partial charge < -0.3 is 15.5 Å². The van der Waals surface area contributed by atoms with E-state index in [2.05, 4.69) is 50.9 Å². The van der Waals surface area contributed by atoms with Crippen LogP contribution in [0.4, 0.5) is 0 Å². The number of amides is 1. The summed E-state index contributed by atoms with van der Waals surface area (Å²) in [5.74, 6) is 0.693. The SMILES string of the molecule is CNC(=O)c1ccc(ON2CCN(Cc3ccccc3)C3(CCNCC3)C2)cc1. The molecule has 6 nitrogen and oxygen atoms in total. The van der Waals surface area contributed by atoms with E-state index in [4.69, 9.17) is 4.84 Å². The van der Waals surface area contributed by atoms with Crippen LogP contribution in [0, 0.1) is 0 Å². The minimum atomic E-state index is -0.0836. The lowest BCUT2D eigenvalue weighted by atomic mass is 9.84. The molecule has 1 amide bonds. The van der Waals surface area contributed by atoms with E-state index in [1.165, 1.54) is 5.56 Å². The summed E-state index contributed by atoms with van der Waals surface area (Å²) in [4.78, 5) is 20.6. The van der Waals surface area contributed by atoms with Gasteiger partial charge >= 0.3 is 0 Å². The van der Waals surface area contributed by atoms with Gasteiger partial charge in [0.25, 0.3) is 5.91 Å². The van der Waals surface area contributed by atoms with Crippen LogP contribution in [0.5, 0.6) is 5.75 Å². The fourth-order valence-corrected chi connectivity index (χ4v) is 4.43. The van der Waals surface area contributed by atoms with Crippen molar-refractivity contribution in [1.29, 1.82) is 0 Å². The van der Waals surface area contributed by atoms with Gasteiger partial charge in [0.2, 0.25) is 0 Å². The normalized spacial score (nSPS) is 19.8. The Morgan fingerprint density at radius 3 is 2.48 bits per heavy atom. The van der Waals surface area contributed by atoms with E-state index in [0.717, 1.165) is 57.9 Å². The molecule has 2 heterocycles. The Balaban J connectivity index is 1.45. The maximum Gasteiger partial charge on any atom is 0.251 e. The number of rotatable bonds is 5. The predicted molar refractivity (Wildman–Crippen MR) is 114 cm³/mol. The molecule has 2 aromatic rings. The summed E-state index contributed by atoms with van der Waals surface area (Å²) in [5, 5.41) is 8.25. The fourth-order valence-electron chi connectivity index (χ4n) is 4.43.